The van der Waals surface area contributed by atoms with Crippen molar-refractivity contribution >= 4 is 28.7 Å². The topological polar surface area (TPSA) is 42.6 Å². The van der Waals surface area contributed by atoms with Gasteiger partial charge in [-0.3, -0.25) is 14.8 Å². The van der Waals surface area contributed by atoms with E-state index in [1.54, 1.807) is 0 Å². The number of nitrogens with zero attached hydrogens (tertiary/aromatic N) is 4. The summed E-state index contributed by atoms with van der Waals surface area (Å²) in [6.45, 7) is 8.80. The maximum atomic E-state index is 9.22. The fourth-order valence-corrected chi connectivity index (χ4v) is 5.90. The Bertz CT molecular complexity index is 831. The number of anilines is 1. The van der Waals surface area contributed by atoms with Crippen LogP contribution in [0.5, 0.6) is 0 Å². The number of hydrogen-bond acceptors (Lipinski definition) is 4. The molecule has 4 nitrogen and oxygen atoms in total. The van der Waals surface area contributed by atoms with Crippen LogP contribution in [0.2, 0.25) is 0 Å². The highest BCUT2D eigenvalue weighted by Crippen LogP contribution is 2.50. The number of hydrogen-bond donors (Lipinski definition) is 0. The highest BCUT2D eigenvalue weighted by Gasteiger charge is 2.57. The average Bonchev–Trinajstić information content (AvgIpc) is 3.28. The Balaban J connectivity index is 1.87. The number of likely N-dealkylation sites (tertiary alicyclic amines) is 1. The Morgan fingerprint density at radius 2 is 1.66 bits per heavy atom. The van der Waals surface area contributed by atoms with Crippen LogP contribution in [0.15, 0.2) is 29.3 Å². The molecule has 5 heteroatoms. The molecule has 4 rings (SSSR count). The third-order valence-electron chi connectivity index (χ3n) is 6.58. The minimum absolute atomic E-state index is 0.00983. The number of aliphatic imine (C=N–C) groups is 1. The smallest absolute Gasteiger partial charge is 0.127 e. The van der Waals surface area contributed by atoms with Crippen molar-refractivity contribution in [1.82, 2.24) is 4.90 Å². The molecular formula is C24H32N4S. The Morgan fingerprint density at radius 1 is 1.03 bits per heavy atom. The van der Waals surface area contributed by atoms with Crippen LogP contribution in [0.25, 0.3) is 0 Å². The molecule has 29 heavy (non-hydrogen) atoms. The summed E-state index contributed by atoms with van der Waals surface area (Å²) in [5, 5.41) is 9.22. The van der Waals surface area contributed by atoms with Crippen LogP contribution in [0.1, 0.15) is 71.3 Å². The molecule has 0 aromatic heterocycles. The van der Waals surface area contributed by atoms with Gasteiger partial charge >= 0.3 is 0 Å². The van der Waals surface area contributed by atoms with Crippen molar-refractivity contribution in [2.75, 3.05) is 18.0 Å². The number of thiocarbonyl (C=S) groups is 1. The van der Waals surface area contributed by atoms with Gasteiger partial charge in [-0.2, -0.15) is 5.26 Å². The van der Waals surface area contributed by atoms with Gasteiger partial charge in [0.15, 0.2) is 0 Å². The molecule has 1 spiro atoms. The predicted octanol–water partition coefficient (Wildman–Crippen LogP) is 5.32. The molecule has 2 heterocycles. The van der Waals surface area contributed by atoms with Crippen molar-refractivity contribution in [3.63, 3.8) is 0 Å². The number of nitriles is 1. The van der Waals surface area contributed by atoms with Crippen LogP contribution in [-0.4, -0.2) is 40.4 Å². The van der Waals surface area contributed by atoms with Crippen molar-refractivity contribution in [2.45, 2.75) is 77.3 Å². The second-order valence-corrected chi connectivity index (χ2v) is 10.2. The van der Waals surface area contributed by atoms with E-state index in [1.807, 2.05) is 24.3 Å². The molecule has 3 aliphatic rings. The minimum Gasteiger partial charge on any atom is -0.293 e. The fraction of sp³-hybridized carbons (Fsp3) is 0.625. The predicted molar refractivity (Wildman–Crippen MR) is 124 cm³/mol. The van der Waals surface area contributed by atoms with E-state index >= 15 is 0 Å². The van der Waals surface area contributed by atoms with Crippen LogP contribution in [-0.2, 0) is 0 Å². The first-order chi connectivity index (χ1) is 13.9. The summed E-state index contributed by atoms with van der Waals surface area (Å²) in [4.78, 5) is 11.2. The van der Waals surface area contributed by atoms with Crippen molar-refractivity contribution in [3.8, 4) is 6.07 Å². The lowest BCUT2D eigenvalue weighted by Crippen LogP contribution is -2.50. The van der Waals surface area contributed by atoms with Gasteiger partial charge in [0.05, 0.1) is 28.2 Å². The van der Waals surface area contributed by atoms with E-state index in [0.717, 1.165) is 42.4 Å². The number of rotatable bonds is 2. The molecule has 1 aromatic carbocycles. The van der Waals surface area contributed by atoms with Crippen molar-refractivity contribution in [2.24, 2.45) is 10.4 Å². The molecule has 1 saturated carbocycles. The van der Waals surface area contributed by atoms with Crippen LogP contribution in [0.4, 0.5) is 5.69 Å². The largest absolute Gasteiger partial charge is 0.293 e. The number of amidine groups is 1. The zero-order chi connectivity index (χ0) is 20.6. The van der Waals surface area contributed by atoms with Gasteiger partial charge in [-0.25, -0.2) is 0 Å². The minimum atomic E-state index is -0.173. The van der Waals surface area contributed by atoms with E-state index in [9.17, 15) is 5.26 Å². The van der Waals surface area contributed by atoms with Crippen LogP contribution in [0.3, 0.4) is 0 Å². The molecule has 0 radical (unpaired) electrons. The molecule has 1 aliphatic carbocycles. The molecule has 3 fully saturated rings. The Hall–Kier alpha value is -1.77. The van der Waals surface area contributed by atoms with E-state index in [2.05, 4.69) is 36.6 Å². The first kappa shape index (κ1) is 20.5. The summed E-state index contributed by atoms with van der Waals surface area (Å²) in [5.41, 5.74) is 1.56. The Kier molecular flexibility index (Phi) is 5.52. The standard InChI is InChI=1S/C24H32N4S/c1-23(2,3)26-21-20(27-15-7-8-16-27)24(13-5-4-6-14-24)22(29)28(21)19-11-9-18(17-25)10-12-19/h9-12,20H,4-8,13-16H2,1-3H3/t20-/m1/s1. The summed E-state index contributed by atoms with van der Waals surface area (Å²) in [6.07, 6.45) is 8.63. The van der Waals surface area contributed by atoms with Crippen molar-refractivity contribution in [3.05, 3.63) is 29.8 Å². The fourth-order valence-electron chi connectivity index (χ4n) is 5.38. The summed E-state index contributed by atoms with van der Waals surface area (Å²) in [6, 6.07) is 10.3. The summed E-state index contributed by atoms with van der Waals surface area (Å²) in [7, 11) is 0. The molecular weight excluding hydrogens is 376 g/mol. The van der Waals surface area contributed by atoms with Gasteiger partial charge in [-0.05, 0) is 83.8 Å². The van der Waals surface area contributed by atoms with Crippen LogP contribution >= 0.6 is 12.2 Å². The second-order valence-electron chi connectivity index (χ2n) is 9.80. The maximum absolute atomic E-state index is 9.22. The zero-order valence-electron chi connectivity index (χ0n) is 17.9. The highest BCUT2D eigenvalue weighted by molar-refractivity contribution is 7.80. The number of benzene rings is 1. The van der Waals surface area contributed by atoms with Crippen molar-refractivity contribution < 1.29 is 0 Å². The molecule has 2 saturated heterocycles. The molecule has 1 atom stereocenters. The van der Waals surface area contributed by atoms with Gasteiger partial charge in [-0.15, -0.1) is 0 Å². The monoisotopic (exact) mass is 408 g/mol. The summed E-state index contributed by atoms with van der Waals surface area (Å²) < 4.78 is 0. The maximum Gasteiger partial charge on any atom is 0.127 e. The average molecular weight is 409 g/mol. The van der Waals surface area contributed by atoms with Gasteiger partial charge < -0.3 is 0 Å². The Morgan fingerprint density at radius 3 is 2.21 bits per heavy atom. The molecule has 0 bridgehead atoms. The third-order valence-corrected chi connectivity index (χ3v) is 7.17. The van der Waals surface area contributed by atoms with Crippen LogP contribution < -0.4 is 4.90 Å². The first-order valence-electron chi connectivity index (χ1n) is 11.0. The lowest BCUT2D eigenvalue weighted by molar-refractivity contribution is 0.154. The van der Waals surface area contributed by atoms with Gasteiger partial charge in [0.25, 0.3) is 0 Å². The van der Waals surface area contributed by atoms with E-state index in [1.165, 1.54) is 32.1 Å². The normalized spacial score (nSPS) is 26.4. The lowest BCUT2D eigenvalue weighted by atomic mass is 9.70. The quantitative estimate of drug-likeness (QED) is 0.621. The first-order valence-corrected chi connectivity index (χ1v) is 11.5. The van der Waals surface area contributed by atoms with Gasteiger partial charge in [0.1, 0.15) is 5.84 Å². The van der Waals surface area contributed by atoms with E-state index < -0.39 is 0 Å². The zero-order valence-corrected chi connectivity index (χ0v) is 18.8. The van der Waals surface area contributed by atoms with Gasteiger partial charge in [0.2, 0.25) is 0 Å². The van der Waals surface area contributed by atoms with Crippen molar-refractivity contribution in [1.29, 1.82) is 5.26 Å². The van der Waals surface area contributed by atoms with Gasteiger partial charge in [-0.1, -0.05) is 31.5 Å². The summed E-state index contributed by atoms with van der Waals surface area (Å²) >= 11 is 6.25. The second kappa shape index (κ2) is 7.81. The highest BCUT2D eigenvalue weighted by atomic mass is 32.1. The molecule has 1 aromatic rings. The van der Waals surface area contributed by atoms with Gasteiger partial charge in [0, 0.05) is 11.1 Å². The van der Waals surface area contributed by atoms with Crippen LogP contribution in [0, 0.1) is 16.7 Å². The van der Waals surface area contributed by atoms with E-state index in [4.69, 9.17) is 17.2 Å². The lowest BCUT2D eigenvalue weighted by Gasteiger charge is -2.41. The molecule has 2 aliphatic heterocycles. The summed E-state index contributed by atoms with van der Waals surface area (Å²) in [5.74, 6) is 1.12. The molecule has 0 N–H and O–H groups in total. The molecule has 0 amide bonds. The molecule has 0 unspecified atom stereocenters. The third kappa shape index (κ3) is 3.73. The van der Waals surface area contributed by atoms with E-state index in [0.29, 0.717) is 5.56 Å². The van der Waals surface area contributed by atoms with E-state index in [-0.39, 0.29) is 17.0 Å². The Labute approximate surface area is 180 Å². The SMILES string of the molecule is CC(C)(C)N=C1[C@@H](N2CCCC2)C2(CCCCC2)C(=S)N1c1ccc(C#N)cc1. The molecule has 154 valence electrons.